The highest BCUT2D eigenvalue weighted by Crippen LogP contribution is 2.11. The zero-order valence-corrected chi connectivity index (χ0v) is 6.61. The van der Waals surface area contributed by atoms with Gasteiger partial charge in [-0.25, -0.2) is 4.79 Å². The van der Waals surface area contributed by atoms with Gasteiger partial charge in [0.05, 0.1) is 0 Å². The number of thiol groups is 2. The molecule has 1 saturated heterocycles. The van der Waals surface area contributed by atoms with Gasteiger partial charge in [-0.05, 0) is 6.42 Å². The van der Waals surface area contributed by atoms with Gasteiger partial charge in [-0.1, -0.05) is 25.6 Å². The average Bonchev–Trinajstić information content (AvgIpc) is 1.83. The molecule has 1 fully saturated rings. The Hall–Kier alpha value is -0.0300. The van der Waals surface area contributed by atoms with E-state index in [9.17, 15) is 4.79 Å². The molecule has 5 heteroatoms. The molecule has 0 radical (unpaired) electrons. The van der Waals surface area contributed by atoms with Crippen molar-refractivity contribution in [2.75, 3.05) is 13.1 Å². The van der Waals surface area contributed by atoms with Crippen molar-refractivity contribution >= 4 is 31.7 Å². The van der Waals surface area contributed by atoms with Crippen molar-refractivity contribution in [2.45, 2.75) is 6.42 Å². The van der Waals surface area contributed by atoms with Crippen LogP contribution in [0.2, 0.25) is 0 Å². The molecule has 1 aliphatic rings. The maximum absolute atomic E-state index is 10.8. The van der Waals surface area contributed by atoms with Crippen molar-refractivity contribution in [1.82, 2.24) is 8.61 Å². The van der Waals surface area contributed by atoms with Crippen molar-refractivity contribution in [3.63, 3.8) is 0 Å². The lowest BCUT2D eigenvalue weighted by Crippen LogP contribution is -2.39. The molecule has 2 amide bonds. The summed E-state index contributed by atoms with van der Waals surface area (Å²) in [7, 11) is 0. The molecule has 1 rings (SSSR count). The van der Waals surface area contributed by atoms with Crippen molar-refractivity contribution in [3.8, 4) is 0 Å². The Morgan fingerprint density at radius 2 is 1.67 bits per heavy atom. The van der Waals surface area contributed by atoms with E-state index in [2.05, 4.69) is 25.6 Å². The number of nitrogens with zero attached hydrogens (tertiary/aromatic N) is 2. The molecular formula is C4H8N2OS2. The molecule has 0 unspecified atom stereocenters. The van der Waals surface area contributed by atoms with E-state index in [4.69, 9.17) is 0 Å². The van der Waals surface area contributed by atoms with E-state index in [0.717, 1.165) is 19.5 Å². The molecule has 1 heterocycles. The Balaban J connectivity index is 2.52. The molecule has 0 saturated carbocycles. The monoisotopic (exact) mass is 164 g/mol. The van der Waals surface area contributed by atoms with E-state index in [1.165, 1.54) is 8.61 Å². The highest BCUT2D eigenvalue weighted by molar-refractivity contribution is 7.79. The Morgan fingerprint density at radius 1 is 1.22 bits per heavy atom. The largest absolute Gasteiger partial charge is 0.339 e. The van der Waals surface area contributed by atoms with Gasteiger partial charge in [0, 0.05) is 13.1 Å². The number of amides is 2. The summed E-state index contributed by atoms with van der Waals surface area (Å²) in [6, 6.07) is -0.132. The van der Waals surface area contributed by atoms with Crippen molar-refractivity contribution < 1.29 is 4.79 Å². The molecule has 0 bridgehead atoms. The Labute approximate surface area is 65.1 Å². The topological polar surface area (TPSA) is 23.6 Å². The van der Waals surface area contributed by atoms with E-state index < -0.39 is 0 Å². The number of rotatable bonds is 0. The van der Waals surface area contributed by atoms with Crippen LogP contribution in [0.25, 0.3) is 0 Å². The highest BCUT2D eigenvalue weighted by Gasteiger charge is 2.19. The molecule has 0 aromatic carbocycles. The molecule has 3 nitrogen and oxygen atoms in total. The summed E-state index contributed by atoms with van der Waals surface area (Å²) >= 11 is 7.82. The highest BCUT2D eigenvalue weighted by atomic mass is 32.1. The summed E-state index contributed by atoms with van der Waals surface area (Å²) in [6.07, 6.45) is 0.943. The van der Waals surface area contributed by atoms with Crippen molar-refractivity contribution in [2.24, 2.45) is 0 Å². The van der Waals surface area contributed by atoms with Crippen LogP contribution >= 0.6 is 25.6 Å². The van der Waals surface area contributed by atoms with Crippen LogP contribution in [0.1, 0.15) is 6.42 Å². The third-order valence-corrected chi connectivity index (χ3v) is 1.92. The van der Waals surface area contributed by atoms with Gasteiger partial charge >= 0.3 is 6.03 Å². The molecule has 0 aliphatic carbocycles. The smallest absolute Gasteiger partial charge is 0.270 e. The Bertz CT molecular complexity index is 118. The molecule has 52 valence electrons. The van der Waals surface area contributed by atoms with Crippen molar-refractivity contribution in [3.05, 3.63) is 0 Å². The quantitative estimate of drug-likeness (QED) is 0.508. The fourth-order valence-corrected chi connectivity index (χ4v) is 1.26. The molecule has 0 atom stereocenters. The van der Waals surface area contributed by atoms with Crippen LogP contribution < -0.4 is 0 Å². The maximum Gasteiger partial charge on any atom is 0.339 e. The van der Waals surface area contributed by atoms with Crippen LogP contribution in [0.15, 0.2) is 0 Å². The van der Waals surface area contributed by atoms with Gasteiger partial charge in [0.15, 0.2) is 0 Å². The third-order valence-electron chi connectivity index (χ3n) is 1.18. The summed E-state index contributed by atoms with van der Waals surface area (Å²) in [5, 5.41) is 0. The van der Waals surface area contributed by atoms with E-state index in [-0.39, 0.29) is 6.03 Å². The molecule has 0 aromatic heterocycles. The lowest BCUT2D eigenvalue weighted by atomic mass is 10.4. The average molecular weight is 164 g/mol. The SMILES string of the molecule is O=C1N(S)CCCN1S. The maximum atomic E-state index is 10.8. The van der Waals surface area contributed by atoms with Crippen LogP contribution in [0, 0.1) is 0 Å². The van der Waals surface area contributed by atoms with Gasteiger partial charge in [0.1, 0.15) is 0 Å². The molecule has 0 N–H and O–H groups in total. The van der Waals surface area contributed by atoms with E-state index in [1.807, 2.05) is 0 Å². The van der Waals surface area contributed by atoms with Crippen LogP contribution in [0.4, 0.5) is 4.79 Å². The number of hydrogen-bond acceptors (Lipinski definition) is 3. The minimum atomic E-state index is -0.132. The van der Waals surface area contributed by atoms with Crippen LogP contribution in [0.3, 0.4) is 0 Å². The fraction of sp³-hybridized carbons (Fsp3) is 0.750. The van der Waals surface area contributed by atoms with Crippen LogP contribution in [-0.2, 0) is 0 Å². The summed E-state index contributed by atoms with van der Waals surface area (Å²) in [6.45, 7) is 1.44. The first kappa shape index (κ1) is 7.08. The van der Waals surface area contributed by atoms with Gasteiger partial charge in [-0.15, -0.1) is 0 Å². The fourth-order valence-electron chi connectivity index (χ4n) is 0.695. The second-order valence-corrected chi connectivity index (χ2v) is 2.85. The summed E-state index contributed by atoms with van der Waals surface area (Å²) in [5.41, 5.74) is 0. The Morgan fingerprint density at radius 3 is 2.00 bits per heavy atom. The molecular weight excluding hydrogens is 156 g/mol. The molecule has 0 spiro atoms. The standard InChI is InChI=1S/C4H8N2OS2/c7-4-5(8)2-1-3-6(4)9/h8-9H,1-3H2. The normalized spacial score (nSPS) is 20.9. The zero-order valence-electron chi connectivity index (χ0n) is 4.82. The molecule has 1 aliphatic heterocycles. The van der Waals surface area contributed by atoms with E-state index in [1.54, 1.807) is 0 Å². The number of carbonyl (C=O) groups is 1. The summed E-state index contributed by atoms with van der Waals surface area (Å²) < 4.78 is 2.72. The minimum Gasteiger partial charge on any atom is -0.270 e. The van der Waals surface area contributed by atoms with Gasteiger partial charge in [0.2, 0.25) is 0 Å². The summed E-state index contributed by atoms with van der Waals surface area (Å²) in [4.78, 5) is 10.8. The number of hydrogen-bond donors (Lipinski definition) is 2. The second-order valence-electron chi connectivity index (χ2n) is 1.88. The van der Waals surface area contributed by atoms with Crippen LogP contribution in [0.5, 0.6) is 0 Å². The van der Waals surface area contributed by atoms with Gasteiger partial charge in [-0.3, -0.25) is 8.61 Å². The van der Waals surface area contributed by atoms with E-state index in [0.29, 0.717) is 0 Å². The lowest BCUT2D eigenvalue weighted by molar-refractivity contribution is 0.199. The number of urea groups is 1. The van der Waals surface area contributed by atoms with E-state index >= 15 is 0 Å². The zero-order chi connectivity index (χ0) is 6.85. The Kier molecular flexibility index (Phi) is 2.13. The van der Waals surface area contributed by atoms with Crippen LogP contribution in [-0.4, -0.2) is 27.7 Å². The molecule has 9 heavy (non-hydrogen) atoms. The third kappa shape index (κ3) is 1.46. The predicted molar refractivity (Wildman–Crippen MR) is 41.4 cm³/mol. The van der Waals surface area contributed by atoms with Gasteiger partial charge < -0.3 is 0 Å². The predicted octanol–water partition coefficient (Wildman–Crippen LogP) is 0.804. The molecule has 0 aromatic rings. The lowest BCUT2D eigenvalue weighted by Gasteiger charge is -2.27. The summed E-state index contributed by atoms with van der Waals surface area (Å²) in [5.74, 6) is 0. The minimum absolute atomic E-state index is 0.132. The first-order chi connectivity index (χ1) is 4.22. The first-order valence-corrected chi connectivity index (χ1v) is 3.48. The van der Waals surface area contributed by atoms with Gasteiger partial charge in [0.25, 0.3) is 0 Å². The number of carbonyl (C=O) groups excluding carboxylic acids is 1. The first-order valence-electron chi connectivity index (χ1n) is 2.68. The second kappa shape index (κ2) is 2.70. The van der Waals surface area contributed by atoms with Crippen molar-refractivity contribution in [1.29, 1.82) is 0 Å². The van der Waals surface area contributed by atoms with Gasteiger partial charge in [-0.2, -0.15) is 0 Å².